The summed E-state index contributed by atoms with van der Waals surface area (Å²) in [7, 11) is -2.40. The first-order valence-corrected chi connectivity index (χ1v) is 5.63. The molecule has 1 saturated heterocycles. The number of nitrogens with one attached hydrogen (secondary N) is 1. The Hall–Kier alpha value is 0.0300. The molecular weight excluding hydrogens is 195 g/mol. The van der Waals surface area contributed by atoms with Crippen LogP contribution >= 0.6 is 7.82 Å². The fraction of sp³-hybridized carbons (Fsp3) is 1.00. The second kappa shape index (κ2) is 4.50. The third-order valence-corrected chi connectivity index (χ3v) is 2.57. The van der Waals surface area contributed by atoms with E-state index in [0.29, 0.717) is 6.54 Å². The van der Waals surface area contributed by atoms with Gasteiger partial charge in [-0.2, -0.15) is 0 Å². The molecule has 0 amide bonds. The van der Waals surface area contributed by atoms with Crippen molar-refractivity contribution in [2.75, 3.05) is 33.3 Å². The van der Waals surface area contributed by atoms with Crippen LogP contribution in [0, 0.1) is 0 Å². The molecule has 1 fully saturated rings. The van der Waals surface area contributed by atoms with Crippen molar-refractivity contribution in [3.63, 3.8) is 0 Å². The second-order valence-electron chi connectivity index (χ2n) is 3.12. The van der Waals surface area contributed by atoms with Crippen molar-refractivity contribution in [2.24, 2.45) is 0 Å². The Morgan fingerprint density at radius 1 is 1.69 bits per heavy atom. The number of hydrogen-bond donors (Lipinski definition) is 3. The molecule has 1 unspecified atom stereocenters. The average molecular weight is 210 g/mol. The predicted molar refractivity (Wildman–Crippen MR) is 47.3 cm³/mol. The number of phosphoric acid groups is 1. The largest absolute Gasteiger partial charge is 0.469 e. The highest BCUT2D eigenvalue weighted by Crippen LogP contribution is 2.35. The zero-order valence-corrected chi connectivity index (χ0v) is 8.41. The Bertz CT molecular complexity index is 207. The molecular formula is C6H15N2O4P. The van der Waals surface area contributed by atoms with Gasteiger partial charge in [0.25, 0.3) is 0 Å². The van der Waals surface area contributed by atoms with Crippen LogP contribution in [0.25, 0.3) is 0 Å². The molecule has 0 radical (unpaired) electrons. The molecule has 1 aliphatic heterocycles. The van der Waals surface area contributed by atoms with Crippen LogP contribution in [0.5, 0.6) is 0 Å². The number of phosphoric ester groups is 1. The predicted octanol–water partition coefficient (Wildman–Crippen LogP) is -1.00. The summed E-state index contributed by atoms with van der Waals surface area (Å²) in [5.74, 6) is 0. The molecule has 1 aliphatic rings. The lowest BCUT2D eigenvalue weighted by Crippen LogP contribution is -2.51. The van der Waals surface area contributed by atoms with Crippen LogP contribution in [0.3, 0.4) is 0 Å². The van der Waals surface area contributed by atoms with Gasteiger partial charge in [-0.25, -0.2) is 4.57 Å². The van der Waals surface area contributed by atoms with Crippen molar-refractivity contribution in [1.29, 1.82) is 0 Å². The Morgan fingerprint density at radius 3 is 2.92 bits per heavy atom. The highest BCUT2D eigenvalue weighted by Gasteiger charge is 2.22. The summed E-state index contributed by atoms with van der Waals surface area (Å²) >= 11 is 0. The number of hydrogen-bond acceptors (Lipinski definition) is 4. The first kappa shape index (κ1) is 11.1. The zero-order valence-electron chi connectivity index (χ0n) is 7.51. The zero-order chi connectivity index (χ0) is 9.90. The first-order valence-electron chi connectivity index (χ1n) is 4.10. The quantitative estimate of drug-likeness (QED) is 0.518. The molecule has 3 N–H and O–H groups in total. The van der Waals surface area contributed by atoms with Crippen LogP contribution in [0.15, 0.2) is 0 Å². The molecule has 0 aromatic rings. The van der Waals surface area contributed by atoms with E-state index < -0.39 is 7.82 Å². The summed E-state index contributed by atoms with van der Waals surface area (Å²) < 4.78 is 14.8. The standard InChI is InChI=1S/C6H15N2O4P/c1-8-3-2-7-4-6(8)5-12-13(9,10)11/h6-7H,2-5H2,1H3,(H2,9,10,11). The molecule has 0 saturated carbocycles. The van der Waals surface area contributed by atoms with Crippen molar-refractivity contribution in [1.82, 2.24) is 10.2 Å². The summed E-state index contributed by atoms with van der Waals surface area (Å²) in [6.07, 6.45) is 0. The molecule has 1 atom stereocenters. The van der Waals surface area contributed by atoms with E-state index in [1.54, 1.807) is 0 Å². The van der Waals surface area contributed by atoms with Gasteiger partial charge < -0.3 is 15.1 Å². The smallest absolute Gasteiger partial charge is 0.314 e. The average Bonchev–Trinajstić information content (AvgIpc) is 2.01. The van der Waals surface area contributed by atoms with Crippen LogP contribution in [-0.2, 0) is 9.09 Å². The molecule has 0 aliphatic carbocycles. The topological polar surface area (TPSA) is 82.0 Å². The molecule has 78 valence electrons. The number of rotatable bonds is 3. The molecule has 1 heterocycles. The molecule has 7 heteroatoms. The minimum atomic E-state index is -4.31. The van der Waals surface area contributed by atoms with Gasteiger partial charge in [0.2, 0.25) is 0 Å². The molecule has 13 heavy (non-hydrogen) atoms. The van der Waals surface area contributed by atoms with E-state index in [9.17, 15) is 4.57 Å². The van der Waals surface area contributed by atoms with Crippen LogP contribution in [0.2, 0.25) is 0 Å². The van der Waals surface area contributed by atoms with Crippen molar-refractivity contribution in [3.8, 4) is 0 Å². The Morgan fingerprint density at radius 2 is 2.38 bits per heavy atom. The normalized spacial score (nSPS) is 26.2. The van der Waals surface area contributed by atoms with Gasteiger partial charge in [0.15, 0.2) is 0 Å². The van der Waals surface area contributed by atoms with Crippen molar-refractivity contribution in [3.05, 3.63) is 0 Å². The maximum absolute atomic E-state index is 10.4. The fourth-order valence-corrected chi connectivity index (χ4v) is 1.60. The van der Waals surface area contributed by atoms with Crippen molar-refractivity contribution in [2.45, 2.75) is 6.04 Å². The SMILES string of the molecule is CN1CCNCC1COP(=O)(O)O. The van der Waals surface area contributed by atoms with Gasteiger partial charge in [-0.1, -0.05) is 0 Å². The lowest BCUT2D eigenvalue weighted by atomic mass is 10.2. The number of nitrogens with zero attached hydrogens (tertiary/aromatic N) is 1. The third kappa shape index (κ3) is 4.17. The fourth-order valence-electron chi connectivity index (χ4n) is 1.23. The number of piperazine rings is 1. The van der Waals surface area contributed by atoms with E-state index in [-0.39, 0.29) is 12.6 Å². The first-order chi connectivity index (χ1) is 5.99. The van der Waals surface area contributed by atoms with Crippen LogP contribution in [0.4, 0.5) is 0 Å². The molecule has 6 nitrogen and oxygen atoms in total. The van der Waals surface area contributed by atoms with Crippen molar-refractivity contribution < 1.29 is 18.9 Å². The lowest BCUT2D eigenvalue weighted by molar-refractivity contribution is 0.110. The molecule has 0 aromatic heterocycles. The van der Waals surface area contributed by atoms with Crippen LogP contribution < -0.4 is 5.32 Å². The summed E-state index contributed by atoms with van der Waals surface area (Å²) in [6, 6.07) is 0.0429. The third-order valence-electron chi connectivity index (χ3n) is 2.08. The number of likely N-dealkylation sites (N-methyl/N-ethyl adjacent to an activating group) is 1. The van der Waals surface area contributed by atoms with E-state index >= 15 is 0 Å². The van der Waals surface area contributed by atoms with Gasteiger partial charge in [0.1, 0.15) is 0 Å². The van der Waals surface area contributed by atoms with E-state index in [1.807, 2.05) is 11.9 Å². The summed E-state index contributed by atoms with van der Waals surface area (Å²) in [5.41, 5.74) is 0. The van der Waals surface area contributed by atoms with E-state index in [1.165, 1.54) is 0 Å². The van der Waals surface area contributed by atoms with Crippen LogP contribution in [-0.4, -0.2) is 54.0 Å². The Kier molecular flexibility index (Phi) is 3.85. The Labute approximate surface area is 77.1 Å². The maximum Gasteiger partial charge on any atom is 0.469 e. The highest BCUT2D eigenvalue weighted by molar-refractivity contribution is 7.46. The molecule has 0 spiro atoms. The lowest BCUT2D eigenvalue weighted by Gasteiger charge is -2.32. The summed E-state index contributed by atoms with van der Waals surface area (Å²) in [4.78, 5) is 19.0. The molecule has 0 bridgehead atoms. The highest BCUT2D eigenvalue weighted by atomic mass is 31.2. The van der Waals surface area contributed by atoms with Gasteiger partial charge in [-0.3, -0.25) is 9.42 Å². The van der Waals surface area contributed by atoms with Gasteiger partial charge >= 0.3 is 7.82 Å². The van der Waals surface area contributed by atoms with E-state index in [2.05, 4.69) is 9.84 Å². The van der Waals surface area contributed by atoms with Gasteiger partial charge in [0, 0.05) is 25.7 Å². The van der Waals surface area contributed by atoms with Gasteiger partial charge in [-0.05, 0) is 7.05 Å². The minimum Gasteiger partial charge on any atom is -0.314 e. The molecule has 0 aromatic carbocycles. The monoisotopic (exact) mass is 210 g/mol. The van der Waals surface area contributed by atoms with Gasteiger partial charge in [-0.15, -0.1) is 0 Å². The Balaban J connectivity index is 2.31. The van der Waals surface area contributed by atoms with E-state index in [4.69, 9.17) is 9.79 Å². The molecule has 1 rings (SSSR count). The van der Waals surface area contributed by atoms with Crippen LogP contribution in [0.1, 0.15) is 0 Å². The maximum atomic E-state index is 10.4. The second-order valence-corrected chi connectivity index (χ2v) is 4.36. The summed E-state index contributed by atoms with van der Waals surface area (Å²) in [5, 5.41) is 3.13. The van der Waals surface area contributed by atoms with Gasteiger partial charge in [0.05, 0.1) is 6.61 Å². The van der Waals surface area contributed by atoms with E-state index in [0.717, 1.165) is 13.1 Å². The minimum absolute atomic E-state index is 0.0429. The summed E-state index contributed by atoms with van der Waals surface area (Å²) in [6.45, 7) is 2.54. The van der Waals surface area contributed by atoms with Crippen molar-refractivity contribution >= 4 is 7.82 Å².